The molecule has 0 bridgehead atoms. The smallest absolute Gasteiger partial charge is 0.322 e. The van der Waals surface area contributed by atoms with Crippen molar-refractivity contribution in [2.45, 2.75) is 16.7 Å². The average molecular weight is 396 g/mol. The van der Waals surface area contributed by atoms with Crippen molar-refractivity contribution in [2.75, 3.05) is 5.75 Å². The minimum atomic E-state index is -4.11. The van der Waals surface area contributed by atoms with E-state index in [1.165, 1.54) is 11.8 Å². The van der Waals surface area contributed by atoms with Crippen LogP contribution < -0.4 is 4.72 Å². The van der Waals surface area contributed by atoms with Crippen LogP contribution in [0.3, 0.4) is 0 Å². The van der Waals surface area contributed by atoms with E-state index in [-0.39, 0.29) is 16.3 Å². The van der Waals surface area contributed by atoms with Gasteiger partial charge in [-0.05, 0) is 17.7 Å². The second-order valence-electron chi connectivity index (χ2n) is 5.26. The normalized spacial score (nSPS) is 12.5. The van der Waals surface area contributed by atoms with E-state index in [4.69, 9.17) is 0 Å². The number of thioether (sulfide) groups is 1. The predicted octanol–water partition coefficient (Wildman–Crippen LogP) is 2.26. The van der Waals surface area contributed by atoms with Crippen LogP contribution >= 0.6 is 11.8 Å². The topological polar surface area (TPSA) is 127 Å². The van der Waals surface area contributed by atoms with E-state index >= 15 is 0 Å². The molecule has 0 radical (unpaired) electrons. The lowest BCUT2D eigenvalue weighted by molar-refractivity contribution is -0.384. The largest absolute Gasteiger partial charge is 0.480 e. The fraction of sp³-hybridized carbons (Fsp3) is 0.188. The molecular formula is C16H16N2O6S2. The molecule has 138 valence electrons. The Balaban J connectivity index is 2.03. The summed E-state index contributed by atoms with van der Waals surface area (Å²) in [6.45, 7) is 0. The minimum absolute atomic E-state index is 0.0381. The number of nitrogens with zero attached hydrogens (tertiary/aromatic N) is 1. The van der Waals surface area contributed by atoms with Crippen LogP contribution in [0.5, 0.6) is 0 Å². The van der Waals surface area contributed by atoms with Gasteiger partial charge in [0.25, 0.3) is 5.69 Å². The Kier molecular flexibility index (Phi) is 6.72. The Morgan fingerprint density at radius 3 is 2.31 bits per heavy atom. The molecule has 0 saturated heterocycles. The summed E-state index contributed by atoms with van der Waals surface area (Å²) < 4.78 is 26.7. The van der Waals surface area contributed by atoms with Gasteiger partial charge in [-0.3, -0.25) is 14.9 Å². The number of nitro benzene ring substituents is 1. The maximum absolute atomic E-state index is 12.3. The zero-order chi connectivity index (χ0) is 19.2. The molecule has 2 aromatic rings. The number of carbonyl (C=O) groups is 1. The first kappa shape index (κ1) is 19.9. The van der Waals surface area contributed by atoms with E-state index in [2.05, 4.69) is 4.72 Å². The average Bonchev–Trinajstić information content (AvgIpc) is 2.61. The fourth-order valence-corrected chi connectivity index (χ4v) is 4.33. The molecule has 0 fully saturated rings. The number of rotatable bonds is 9. The molecule has 0 unspecified atom stereocenters. The van der Waals surface area contributed by atoms with E-state index in [9.17, 15) is 28.4 Å². The van der Waals surface area contributed by atoms with Crippen molar-refractivity contribution in [1.29, 1.82) is 0 Å². The summed E-state index contributed by atoms with van der Waals surface area (Å²) in [5.41, 5.74) is 0.747. The maximum Gasteiger partial charge on any atom is 0.322 e. The van der Waals surface area contributed by atoms with E-state index < -0.39 is 27.0 Å². The van der Waals surface area contributed by atoms with Gasteiger partial charge in [0.05, 0.1) is 9.82 Å². The lowest BCUT2D eigenvalue weighted by Gasteiger charge is -2.14. The third-order valence-electron chi connectivity index (χ3n) is 3.35. The van der Waals surface area contributed by atoms with Gasteiger partial charge in [0, 0.05) is 23.6 Å². The number of benzene rings is 2. The van der Waals surface area contributed by atoms with Crippen molar-refractivity contribution in [3.63, 3.8) is 0 Å². The predicted molar refractivity (Wildman–Crippen MR) is 97.4 cm³/mol. The van der Waals surface area contributed by atoms with Crippen LogP contribution in [-0.4, -0.2) is 36.2 Å². The minimum Gasteiger partial charge on any atom is -0.480 e. The van der Waals surface area contributed by atoms with E-state index in [1.807, 2.05) is 30.3 Å². The van der Waals surface area contributed by atoms with Gasteiger partial charge < -0.3 is 5.11 Å². The third kappa shape index (κ3) is 5.55. The van der Waals surface area contributed by atoms with Gasteiger partial charge in [0.2, 0.25) is 10.0 Å². The SMILES string of the molecule is O=C(O)[C@H](CSCc1ccccc1)NS(=O)(=O)c1ccc([N+](=O)[O-])cc1. The summed E-state index contributed by atoms with van der Waals surface area (Å²) in [5.74, 6) is -0.712. The first-order chi connectivity index (χ1) is 12.3. The lowest BCUT2D eigenvalue weighted by Crippen LogP contribution is -2.42. The second kappa shape index (κ2) is 8.79. The molecule has 0 saturated carbocycles. The molecule has 2 rings (SSSR count). The number of carboxylic acids is 1. The number of sulfonamides is 1. The number of nitro groups is 1. The molecule has 2 aromatic carbocycles. The number of carboxylic acid groups (broad SMARTS) is 1. The number of hydrogen-bond acceptors (Lipinski definition) is 6. The first-order valence-corrected chi connectivity index (χ1v) is 10.0. The van der Waals surface area contributed by atoms with Crippen molar-refractivity contribution in [3.05, 3.63) is 70.3 Å². The summed E-state index contributed by atoms with van der Waals surface area (Å²) in [7, 11) is -4.11. The van der Waals surface area contributed by atoms with Gasteiger partial charge >= 0.3 is 5.97 Å². The standard InChI is InChI=1S/C16H16N2O6S2/c19-16(20)15(11-25-10-12-4-2-1-3-5-12)17-26(23,24)14-8-6-13(7-9-14)18(21)22/h1-9,15,17H,10-11H2,(H,19,20)/t15-/m0/s1. The Hall–Kier alpha value is -2.43. The molecule has 0 aromatic heterocycles. The monoisotopic (exact) mass is 396 g/mol. The number of aliphatic carboxylic acids is 1. The zero-order valence-corrected chi connectivity index (χ0v) is 15.1. The fourth-order valence-electron chi connectivity index (χ4n) is 2.03. The summed E-state index contributed by atoms with van der Waals surface area (Å²) in [6, 6.07) is 12.3. The molecule has 10 heteroatoms. The molecule has 0 aliphatic rings. The van der Waals surface area contributed by atoms with Crippen molar-refractivity contribution in [2.24, 2.45) is 0 Å². The van der Waals surface area contributed by atoms with E-state index in [0.29, 0.717) is 5.75 Å². The quantitative estimate of drug-likeness (QED) is 0.492. The molecule has 0 heterocycles. The summed E-state index contributed by atoms with van der Waals surface area (Å²) in [4.78, 5) is 21.1. The van der Waals surface area contributed by atoms with Gasteiger partial charge in [-0.15, -0.1) is 0 Å². The highest BCUT2D eigenvalue weighted by atomic mass is 32.2. The van der Waals surface area contributed by atoms with Crippen LogP contribution in [0.25, 0.3) is 0 Å². The van der Waals surface area contributed by atoms with Crippen LogP contribution in [0.2, 0.25) is 0 Å². The van der Waals surface area contributed by atoms with Gasteiger partial charge in [0.1, 0.15) is 6.04 Å². The summed E-state index contributed by atoms with van der Waals surface area (Å²) >= 11 is 1.29. The Bertz CT molecular complexity index is 869. The van der Waals surface area contributed by atoms with Crippen LogP contribution in [0.15, 0.2) is 59.5 Å². The number of hydrogen-bond donors (Lipinski definition) is 2. The molecule has 2 N–H and O–H groups in total. The van der Waals surface area contributed by atoms with Crippen molar-refractivity contribution in [3.8, 4) is 0 Å². The van der Waals surface area contributed by atoms with Gasteiger partial charge in [-0.25, -0.2) is 8.42 Å². The highest BCUT2D eigenvalue weighted by Gasteiger charge is 2.25. The van der Waals surface area contributed by atoms with E-state index in [0.717, 1.165) is 29.8 Å². The molecule has 0 amide bonds. The Morgan fingerprint density at radius 2 is 1.77 bits per heavy atom. The molecule has 0 aliphatic carbocycles. The van der Waals surface area contributed by atoms with Gasteiger partial charge in [0.15, 0.2) is 0 Å². The zero-order valence-electron chi connectivity index (χ0n) is 13.4. The van der Waals surface area contributed by atoms with Crippen LogP contribution in [-0.2, 0) is 20.6 Å². The van der Waals surface area contributed by atoms with Gasteiger partial charge in [-0.2, -0.15) is 16.5 Å². The molecule has 8 nitrogen and oxygen atoms in total. The highest BCUT2D eigenvalue weighted by Crippen LogP contribution is 2.18. The molecule has 26 heavy (non-hydrogen) atoms. The first-order valence-electron chi connectivity index (χ1n) is 7.41. The number of non-ortho nitro benzene ring substituents is 1. The summed E-state index contributed by atoms with van der Waals surface area (Å²) in [6.07, 6.45) is 0. The van der Waals surface area contributed by atoms with Crippen molar-refractivity contribution >= 4 is 33.4 Å². The highest BCUT2D eigenvalue weighted by molar-refractivity contribution is 7.98. The Labute approximate surface area is 154 Å². The van der Waals surface area contributed by atoms with Crippen LogP contribution in [0.1, 0.15) is 5.56 Å². The van der Waals surface area contributed by atoms with Gasteiger partial charge in [-0.1, -0.05) is 30.3 Å². The Morgan fingerprint density at radius 1 is 1.15 bits per heavy atom. The summed E-state index contributed by atoms with van der Waals surface area (Å²) in [5, 5.41) is 19.9. The van der Waals surface area contributed by atoms with E-state index in [1.54, 1.807) is 0 Å². The maximum atomic E-state index is 12.3. The van der Waals surface area contributed by atoms with Crippen LogP contribution in [0.4, 0.5) is 5.69 Å². The molecule has 1 atom stereocenters. The second-order valence-corrected chi connectivity index (χ2v) is 8.01. The third-order valence-corrected chi connectivity index (χ3v) is 5.94. The van der Waals surface area contributed by atoms with Crippen LogP contribution in [0, 0.1) is 10.1 Å². The van der Waals surface area contributed by atoms with Crippen molar-refractivity contribution in [1.82, 2.24) is 4.72 Å². The molecular weight excluding hydrogens is 380 g/mol. The molecule has 0 spiro atoms. The van der Waals surface area contributed by atoms with Crippen molar-refractivity contribution < 1.29 is 23.2 Å². The number of nitrogens with one attached hydrogen (secondary N) is 1. The molecule has 0 aliphatic heterocycles. The lowest BCUT2D eigenvalue weighted by atomic mass is 10.2.